The van der Waals surface area contributed by atoms with Gasteiger partial charge in [-0.1, -0.05) is 6.58 Å². The van der Waals surface area contributed by atoms with Gasteiger partial charge in [0.2, 0.25) is 22.5 Å². The van der Waals surface area contributed by atoms with Gasteiger partial charge in [0.25, 0.3) is 0 Å². The molecule has 0 radical (unpaired) electrons. The van der Waals surface area contributed by atoms with Crippen molar-refractivity contribution < 1.29 is 9.59 Å². The van der Waals surface area contributed by atoms with Crippen molar-refractivity contribution in [3.8, 4) is 0 Å². The van der Waals surface area contributed by atoms with Crippen LogP contribution in [0, 0.1) is 5.92 Å². The average Bonchev–Trinajstić information content (AvgIpc) is 2.82. The zero-order valence-electron chi connectivity index (χ0n) is 11.7. The second-order valence-corrected chi connectivity index (χ2v) is 5.48. The van der Waals surface area contributed by atoms with Crippen molar-refractivity contribution in [3.05, 3.63) is 17.4 Å². The lowest BCUT2D eigenvalue weighted by Gasteiger charge is -2.31. The molecule has 2 N–H and O–H groups in total. The fraction of sp³-hybridized carbons (Fsp3) is 0.500. The molecule has 9 heteroatoms. The third kappa shape index (κ3) is 3.81. The van der Waals surface area contributed by atoms with Gasteiger partial charge in [0, 0.05) is 20.1 Å². The maximum Gasteiger partial charge on any atom is 0.245 e. The van der Waals surface area contributed by atoms with Crippen molar-refractivity contribution in [2.24, 2.45) is 13.0 Å². The highest BCUT2D eigenvalue weighted by molar-refractivity contribution is 9.10. The van der Waals surface area contributed by atoms with E-state index in [9.17, 15) is 9.59 Å². The maximum absolute atomic E-state index is 12.1. The zero-order chi connectivity index (χ0) is 15.4. The van der Waals surface area contributed by atoms with Gasteiger partial charge in [-0.05, 0) is 34.8 Å². The predicted octanol–water partition coefficient (Wildman–Crippen LogP) is 0.445. The molecule has 8 nitrogen and oxygen atoms in total. The number of rotatable bonds is 4. The lowest BCUT2D eigenvalue weighted by Crippen LogP contribution is -2.46. The predicted molar refractivity (Wildman–Crippen MR) is 80.0 cm³/mol. The summed E-state index contributed by atoms with van der Waals surface area (Å²) >= 11 is 3.15. The highest BCUT2D eigenvalue weighted by Gasteiger charge is 2.27. The molecular formula is C12H17BrN6O2. The van der Waals surface area contributed by atoms with Gasteiger partial charge in [0.05, 0.1) is 5.92 Å². The van der Waals surface area contributed by atoms with Crippen molar-refractivity contribution >= 4 is 33.7 Å². The van der Waals surface area contributed by atoms with E-state index in [1.807, 2.05) is 0 Å². The molecule has 2 amide bonds. The molecule has 0 bridgehead atoms. The number of halogens is 1. The molecule has 114 valence electrons. The summed E-state index contributed by atoms with van der Waals surface area (Å²) in [7, 11) is 1.71. The average molecular weight is 357 g/mol. The molecule has 2 heterocycles. The van der Waals surface area contributed by atoms with Crippen LogP contribution < -0.4 is 10.9 Å². The van der Waals surface area contributed by atoms with Crippen LogP contribution in [0.25, 0.3) is 0 Å². The number of aryl methyl sites for hydroxylation is 1. The lowest BCUT2D eigenvalue weighted by molar-refractivity contribution is -0.131. The third-order valence-corrected chi connectivity index (χ3v) is 3.65. The SMILES string of the molecule is C=CC(=O)N1CCCC(C(=O)NNc2nc(Br)nn2C)C1. The second kappa shape index (κ2) is 6.70. The Balaban J connectivity index is 1.89. The van der Waals surface area contributed by atoms with Crippen LogP contribution in [0.3, 0.4) is 0 Å². The van der Waals surface area contributed by atoms with Gasteiger partial charge in [0.15, 0.2) is 0 Å². The van der Waals surface area contributed by atoms with Crippen LogP contribution in [0.15, 0.2) is 17.4 Å². The molecule has 1 aromatic heterocycles. The smallest absolute Gasteiger partial charge is 0.245 e. The van der Waals surface area contributed by atoms with E-state index >= 15 is 0 Å². The minimum atomic E-state index is -0.244. The Labute approximate surface area is 130 Å². The molecule has 0 saturated carbocycles. The monoisotopic (exact) mass is 356 g/mol. The van der Waals surface area contributed by atoms with E-state index in [1.165, 1.54) is 10.8 Å². The Morgan fingerprint density at radius 2 is 2.29 bits per heavy atom. The zero-order valence-corrected chi connectivity index (χ0v) is 13.3. The Kier molecular flexibility index (Phi) is 4.94. The van der Waals surface area contributed by atoms with Crippen molar-refractivity contribution in [1.29, 1.82) is 0 Å². The van der Waals surface area contributed by atoms with E-state index in [2.05, 4.69) is 43.4 Å². The summed E-state index contributed by atoms with van der Waals surface area (Å²) in [6, 6.07) is 0. The lowest BCUT2D eigenvalue weighted by atomic mass is 9.97. The Hall–Kier alpha value is -1.90. The third-order valence-electron chi connectivity index (χ3n) is 3.31. The molecule has 1 aliphatic rings. The molecule has 2 rings (SSSR count). The number of piperidine rings is 1. The first kappa shape index (κ1) is 15.5. The van der Waals surface area contributed by atoms with Crippen molar-refractivity contribution in [3.63, 3.8) is 0 Å². The van der Waals surface area contributed by atoms with Crippen LogP contribution in [0.2, 0.25) is 0 Å². The molecular weight excluding hydrogens is 340 g/mol. The Morgan fingerprint density at radius 1 is 1.52 bits per heavy atom. The van der Waals surface area contributed by atoms with Crippen molar-refractivity contribution in [2.45, 2.75) is 12.8 Å². The molecule has 1 atom stereocenters. The summed E-state index contributed by atoms with van der Waals surface area (Å²) in [5, 5.41) is 3.99. The molecule has 1 unspecified atom stereocenters. The number of aromatic nitrogens is 3. The first-order chi connectivity index (χ1) is 10.0. The summed E-state index contributed by atoms with van der Waals surface area (Å²) in [5.41, 5.74) is 5.33. The number of hydrogen-bond donors (Lipinski definition) is 2. The number of carbonyl (C=O) groups is 2. The molecule has 1 aliphatic heterocycles. The molecule has 0 spiro atoms. The van der Waals surface area contributed by atoms with Crippen LogP contribution >= 0.6 is 15.9 Å². The maximum atomic E-state index is 12.1. The van der Waals surface area contributed by atoms with Crippen molar-refractivity contribution in [1.82, 2.24) is 25.1 Å². The number of hydrazine groups is 1. The van der Waals surface area contributed by atoms with Crippen molar-refractivity contribution in [2.75, 3.05) is 18.5 Å². The van der Waals surface area contributed by atoms with Gasteiger partial charge in [0.1, 0.15) is 0 Å². The van der Waals surface area contributed by atoms with Gasteiger partial charge in [-0.2, -0.15) is 4.98 Å². The largest absolute Gasteiger partial charge is 0.338 e. The number of carbonyl (C=O) groups excluding carboxylic acids is 2. The molecule has 1 saturated heterocycles. The Morgan fingerprint density at radius 3 is 2.90 bits per heavy atom. The summed E-state index contributed by atoms with van der Waals surface area (Å²) in [5.74, 6) is -0.134. The topological polar surface area (TPSA) is 92.2 Å². The number of nitrogens with zero attached hydrogens (tertiary/aromatic N) is 4. The molecule has 1 fully saturated rings. The van der Waals surface area contributed by atoms with E-state index < -0.39 is 0 Å². The number of nitrogens with one attached hydrogen (secondary N) is 2. The fourth-order valence-corrected chi connectivity index (χ4v) is 2.61. The van der Waals surface area contributed by atoms with E-state index in [0.717, 1.165) is 12.8 Å². The van der Waals surface area contributed by atoms with Gasteiger partial charge in [-0.25, -0.2) is 4.68 Å². The van der Waals surface area contributed by atoms with Crippen LogP contribution in [0.5, 0.6) is 0 Å². The van der Waals surface area contributed by atoms with Gasteiger partial charge < -0.3 is 4.90 Å². The minimum Gasteiger partial charge on any atom is -0.338 e. The van der Waals surface area contributed by atoms with Gasteiger partial charge in [-0.3, -0.25) is 20.4 Å². The fourth-order valence-electron chi connectivity index (χ4n) is 2.20. The summed E-state index contributed by atoms with van der Waals surface area (Å²) < 4.78 is 1.93. The molecule has 0 aliphatic carbocycles. The quantitative estimate of drug-likeness (QED) is 0.603. The van der Waals surface area contributed by atoms with Crippen LogP contribution in [-0.4, -0.2) is 44.6 Å². The second-order valence-electron chi connectivity index (χ2n) is 4.77. The van der Waals surface area contributed by atoms with Crippen LogP contribution in [-0.2, 0) is 16.6 Å². The number of amides is 2. The molecule has 21 heavy (non-hydrogen) atoms. The van der Waals surface area contributed by atoms with Gasteiger partial charge >= 0.3 is 0 Å². The summed E-state index contributed by atoms with van der Waals surface area (Å²) in [6.45, 7) is 4.54. The normalized spacial score (nSPS) is 18.2. The first-order valence-electron chi connectivity index (χ1n) is 6.55. The highest BCUT2D eigenvalue weighted by atomic mass is 79.9. The highest BCUT2D eigenvalue weighted by Crippen LogP contribution is 2.17. The van der Waals surface area contributed by atoms with E-state index in [-0.39, 0.29) is 17.7 Å². The summed E-state index contributed by atoms with van der Waals surface area (Å²) in [4.78, 5) is 29.4. The van der Waals surface area contributed by atoms with Crippen LogP contribution in [0.4, 0.5) is 5.95 Å². The van der Waals surface area contributed by atoms with E-state index in [4.69, 9.17) is 0 Å². The minimum absolute atomic E-state index is 0.141. The molecule has 0 aromatic carbocycles. The van der Waals surface area contributed by atoms with E-state index in [1.54, 1.807) is 11.9 Å². The molecule has 1 aromatic rings. The number of likely N-dealkylation sites (tertiary alicyclic amines) is 1. The standard InChI is InChI=1S/C12H17BrN6O2/c1-3-9(20)19-6-4-5-8(7-19)10(21)15-16-12-14-11(13)17-18(12)2/h3,8H,1,4-7H2,2H3,(H,15,21)(H,14,16,17). The number of hydrogen-bond acceptors (Lipinski definition) is 5. The van der Waals surface area contributed by atoms with E-state index in [0.29, 0.717) is 23.8 Å². The summed E-state index contributed by atoms with van der Waals surface area (Å²) in [6.07, 6.45) is 2.82. The van der Waals surface area contributed by atoms with Crippen LogP contribution in [0.1, 0.15) is 12.8 Å². The Bertz CT molecular complexity index is 558. The number of anilines is 1. The van der Waals surface area contributed by atoms with Gasteiger partial charge in [-0.15, -0.1) is 5.10 Å². The first-order valence-corrected chi connectivity index (χ1v) is 7.34.